The Morgan fingerprint density at radius 1 is 1.26 bits per heavy atom. The average molecular weight is 283 g/mol. The van der Waals surface area contributed by atoms with Crippen LogP contribution in [-0.4, -0.2) is 28.4 Å². The molecule has 0 aromatic heterocycles. The zero-order chi connectivity index (χ0) is 13.8. The van der Waals surface area contributed by atoms with E-state index in [0.29, 0.717) is 19.0 Å². The number of hydrogen-bond donors (Lipinski definition) is 1. The molecule has 5 heteroatoms. The molecule has 1 aromatic rings. The van der Waals surface area contributed by atoms with E-state index in [1.54, 1.807) is 0 Å². The lowest BCUT2D eigenvalue weighted by Crippen LogP contribution is -2.22. The van der Waals surface area contributed by atoms with Crippen LogP contribution in [0.2, 0.25) is 0 Å². The molecule has 2 N–H and O–H groups in total. The Morgan fingerprint density at radius 2 is 1.95 bits per heavy atom. The predicted octanol–water partition coefficient (Wildman–Crippen LogP) is 2.00. The second-order valence-electron chi connectivity index (χ2n) is 4.96. The quantitative estimate of drug-likeness (QED) is 0.918. The predicted molar refractivity (Wildman–Crippen MR) is 77.1 cm³/mol. The Hall–Kier alpha value is -1.07. The second kappa shape index (κ2) is 6.39. The third kappa shape index (κ3) is 3.70. The van der Waals surface area contributed by atoms with E-state index in [0.717, 1.165) is 23.5 Å². The van der Waals surface area contributed by atoms with Gasteiger partial charge in [-0.25, -0.2) is 0 Å². The minimum atomic E-state index is -0.905. The first kappa shape index (κ1) is 14.3. The van der Waals surface area contributed by atoms with Crippen LogP contribution in [0.1, 0.15) is 31.9 Å². The molecular formula is C14H21NO3S. The highest BCUT2D eigenvalue weighted by Gasteiger charge is 2.16. The highest BCUT2D eigenvalue weighted by Crippen LogP contribution is 2.32. The fraction of sp³-hybridized carbons (Fsp3) is 0.571. The van der Waals surface area contributed by atoms with Crippen LogP contribution in [0.3, 0.4) is 0 Å². The Labute approximate surface area is 116 Å². The number of benzene rings is 1. The topological polar surface area (TPSA) is 61.6 Å². The molecular weight excluding hydrogens is 262 g/mol. The van der Waals surface area contributed by atoms with Crippen LogP contribution in [0.15, 0.2) is 18.2 Å². The van der Waals surface area contributed by atoms with E-state index >= 15 is 0 Å². The SMILES string of the molecule is CC(C)S(=O)CC(N)c1ccc2c(c1)OCCCO2. The van der Waals surface area contributed by atoms with Gasteiger partial charge in [0.15, 0.2) is 11.5 Å². The van der Waals surface area contributed by atoms with Crippen molar-refractivity contribution in [3.05, 3.63) is 23.8 Å². The highest BCUT2D eigenvalue weighted by atomic mass is 32.2. The molecule has 2 rings (SSSR count). The molecule has 0 aliphatic carbocycles. The zero-order valence-electron chi connectivity index (χ0n) is 11.4. The molecule has 0 spiro atoms. The highest BCUT2D eigenvalue weighted by molar-refractivity contribution is 7.85. The average Bonchev–Trinajstić information content (AvgIpc) is 2.62. The van der Waals surface area contributed by atoms with Crippen molar-refractivity contribution in [3.8, 4) is 11.5 Å². The van der Waals surface area contributed by atoms with E-state index in [1.807, 2.05) is 32.0 Å². The normalized spacial score (nSPS) is 17.9. The lowest BCUT2D eigenvalue weighted by molar-refractivity contribution is 0.297. The Morgan fingerprint density at radius 3 is 2.63 bits per heavy atom. The molecule has 4 nitrogen and oxygen atoms in total. The fourth-order valence-corrected chi connectivity index (χ4v) is 2.81. The molecule has 2 unspecified atom stereocenters. The van der Waals surface area contributed by atoms with Crippen LogP contribution in [-0.2, 0) is 10.8 Å². The summed E-state index contributed by atoms with van der Waals surface area (Å²) in [5, 5.41) is 0.131. The molecule has 0 bridgehead atoms. The summed E-state index contributed by atoms with van der Waals surface area (Å²) in [4.78, 5) is 0. The molecule has 0 amide bonds. The molecule has 1 aliphatic heterocycles. The molecule has 0 radical (unpaired) electrons. The van der Waals surface area contributed by atoms with Crippen LogP contribution < -0.4 is 15.2 Å². The number of rotatable bonds is 4. The maximum atomic E-state index is 11.8. The molecule has 1 aliphatic rings. The Kier molecular flexibility index (Phi) is 4.82. The van der Waals surface area contributed by atoms with Gasteiger partial charge >= 0.3 is 0 Å². The fourth-order valence-electron chi connectivity index (χ4n) is 1.88. The van der Waals surface area contributed by atoms with E-state index in [1.165, 1.54) is 0 Å². The Bertz CT molecular complexity index is 462. The Balaban J connectivity index is 2.12. The molecule has 1 heterocycles. The largest absolute Gasteiger partial charge is 0.490 e. The van der Waals surface area contributed by atoms with Gasteiger partial charge in [0, 0.05) is 34.3 Å². The van der Waals surface area contributed by atoms with Crippen molar-refractivity contribution in [2.24, 2.45) is 5.73 Å². The molecule has 0 fully saturated rings. The summed E-state index contributed by atoms with van der Waals surface area (Å²) in [5.41, 5.74) is 7.06. The van der Waals surface area contributed by atoms with Crippen LogP contribution in [0.25, 0.3) is 0 Å². The van der Waals surface area contributed by atoms with Gasteiger partial charge in [-0.05, 0) is 17.7 Å². The van der Waals surface area contributed by atoms with Crippen molar-refractivity contribution >= 4 is 10.8 Å². The third-order valence-corrected chi connectivity index (χ3v) is 4.81. The minimum Gasteiger partial charge on any atom is -0.490 e. The van der Waals surface area contributed by atoms with Crippen molar-refractivity contribution < 1.29 is 13.7 Å². The van der Waals surface area contributed by atoms with E-state index in [4.69, 9.17) is 15.2 Å². The molecule has 2 atom stereocenters. The molecule has 19 heavy (non-hydrogen) atoms. The van der Waals surface area contributed by atoms with Gasteiger partial charge in [-0.2, -0.15) is 0 Å². The van der Waals surface area contributed by atoms with E-state index in [-0.39, 0.29) is 11.3 Å². The van der Waals surface area contributed by atoms with E-state index in [9.17, 15) is 4.21 Å². The molecule has 1 aromatic carbocycles. The van der Waals surface area contributed by atoms with Gasteiger partial charge in [-0.15, -0.1) is 0 Å². The molecule has 106 valence electrons. The lowest BCUT2D eigenvalue weighted by atomic mass is 10.1. The van der Waals surface area contributed by atoms with Gasteiger partial charge < -0.3 is 15.2 Å². The van der Waals surface area contributed by atoms with Crippen LogP contribution in [0.5, 0.6) is 11.5 Å². The maximum Gasteiger partial charge on any atom is 0.161 e. The number of fused-ring (bicyclic) bond motifs is 1. The second-order valence-corrected chi connectivity index (χ2v) is 7.00. The van der Waals surface area contributed by atoms with Gasteiger partial charge in [0.25, 0.3) is 0 Å². The number of hydrogen-bond acceptors (Lipinski definition) is 4. The van der Waals surface area contributed by atoms with E-state index < -0.39 is 10.8 Å². The van der Waals surface area contributed by atoms with Crippen molar-refractivity contribution in [2.75, 3.05) is 19.0 Å². The van der Waals surface area contributed by atoms with E-state index in [2.05, 4.69) is 0 Å². The zero-order valence-corrected chi connectivity index (χ0v) is 12.2. The van der Waals surface area contributed by atoms with Gasteiger partial charge in [-0.3, -0.25) is 4.21 Å². The summed E-state index contributed by atoms with van der Waals surface area (Å²) in [6.45, 7) is 5.22. The van der Waals surface area contributed by atoms with Crippen molar-refractivity contribution in [1.82, 2.24) is 0 Å². The van der Waals surface area contributed by atoms with Crippen LogP contribution in [0.4, 0.5) is 0 Å². The first-order valence-corrected chi connectivity index (χ1v) is 7.98. The summed E-state index contributed by atoms with van der Waals surface area (Å²) in [6, 6.07) is 5.48. The van der Waals surface area contributed by atoms with Crippen LogP contribution >= 0.6 is 0 Å². The first-order valence-electron chi connectivity index (χ1n) is 6.60. The first-order chi connectivity index (χ1) is 9.08. The van der Waals surface area contributed by atoms with Gasteiger partial charge in [-0.1, -0.05) is 19.9 Å². The van der Waals surface area contributed by atoms with Gasteiger partial charge in [0.1, 0.15) is 0 Å². The summed E-state index contributed by atoms with van der Waals surface area (Å²) in [7, 11) is -0.905. The maximum absolute atomic E-state index is 11.8. The van der Waals surface area contributed by atoms with Crippen molar-refractivity contribution in [2.45, 2.75) is 31.6 Å². The van der Waals surface area contributed by atoms with Crippen LogP contribution in [0, 0.1) is 0 Å². The molecule has 0 saturated heterocycles. The summed E-state index contributed by atoms with van der Waals surface area (Å²) < 4.78 is 23.1. The summed E-state index contributed by atoms with van der Waals surface area (Å²) in [5.74, 6) is 1.97. The van der Waals surface area contributed by atoms with Gasteiger partial charge in [0.05, 0.1) is 13.2 Å². The number of nitrogens with two attached hydrogens (primary N) is 1. The summed E-state index contributed by atoms with van der Waals surface area (Å²) >= 11 is 0. The standard InChI is InChI=1S/C14H21NO3S/c1-10(2)19(16)9-12(15)11-4-5-13-14(8-11)18-7-3-6-17-13/h4-5,8,10,12H,3,6-7,9,15H2,1-2H3. The van der Waals surface area contributed by atoms with Crippen molar-refractivity contribution in [3.63, 3.8) is 0 Å². The summed E-state index contributed by atoms with van der Waals surface area (Å²) in [6.07, 6.45) is 0.882. The lowest BCUT2D eigenvalue weighted by Gasteiger charge is -2.15. The molecule has 0 saturated carbocycles. The van der Waals surface area contributed by atoms with Crippen molar-refractivity contribution in [1.29, 1.82) is 0 Å². The third-order valence-electron chi connectivity index (χ3n) is 3.07. The number of ether oxygens (including phenoxy) is 2. The smallest absolute Gasteiger partial charge is 0.161 e. The minimum absolute atomic E-state index is 0.131. The van der Waals surface area contributed by atoms with Gasteiger partial charge in [0.2, 0.25) is 0 Å². The monoisotopic (exact) mass is 283 g/mol.